The monoisotopic (exact) mass is 320 g/mol. The van der Waals surface area contributed by atoms with E-state index in [1.165, 1.54) is 0 Å². The molecule has 0 fully saturated rings. The maximum Gasteiger partial charge on any atom is 0.335 e. The quantitative estimate of drug-likeness (QED) is 0.600. The molecular weight excluding hydrogens is 308 g/mol. The first-order valence-corrected chi connectivity index (χ1v) is 7.24. The van der Waals surface area contributed by atoms with Crippen LogP contribution in [0.5, 0.6) is 0 Å². The van der Waals surface area contributed by atoms with Gasteiger partial charge in [-0.2, -0.15) is 0 Å². The van der Waals surface area contributed by atoms with Crippen molar-refractivity contribution in [3.8, 4) is 22.8 Å². The summed E-state index contributed by atoms with van der Waals surface area (Å²) in [6, 6.07) is 12.3. The summed E-state index contributed by atoms with van der Waals surface area (Å²) < 4.78 is 5.40. The molecule has 0 radical (unpaired) electrons. The van der Waals surface area contributed by atoms with Crippen LogP contribution in [-0.2, 0) is 0 Å². The Bertz CT molecular complexity index is 1050. The van der Waals surface area contributed by atoms with Gasteiger partial charge < -0.3 is 14.5 Å². The van der Waals surface area contributed by atoms with E-state index < -0.39 is 5.97 Å². The van der Waals surface area contributed by atoms with E-state index >= 15 is 0 Å². The zero-order valence-electron chi connectivity index (χ0n) is 12.6. The molecule has 4 rings (SSSR count). The number of carbonyl (C=O) groups is 1. The SMILES string of the molecule is Cc1nnc(-c2ccc(-c3nc4cc(C(=O)O)ccc4[nH]3)cc2)o1. The Morgan fingerprint density at radius 1 is 1.08 bits per heavy atom. The predicted molar refractivity (Wildman–Crippen MR) is 86.5 cm³/mol. The minimum atomic E-state index is -0.972. The van der Waals surface area contributed by atoms with Gasteiger partial charge in [-0.25, -0.2) is 9.78 Å². The van der Waals surface area contributed by atoms with Gasteiger partial charge in [0.1, 0.15) is 5.82 Å². The molecule has 2 N–H and O–H groups in total. The molecule has 0 bridgehead atoms. The molecule has 0 unspecified atom stereocenters. The highest BCUT2D eigenvalue weighted by Gasteiger charge is 2.10. The van der Waals surface area contributed by atoms with Crippen LogP contribution < -0.4 is 0 Å². The van der Waals surface area contributed by atoms with Crippen molar-refractivity contribution in [2.24, 2.45) is 0 Å². The minimum Gasteiger partial charge on any atom is -0.478 e. The van der Waals surface area contributed by atoms with Gasteiger partial charge in [-0.3, -0.25) is 0 Å². The minimum absolute atomic E-state index is 0.211. The zero-order chi connectivity index (χ0) is 16.7. The third-order valence-corrected chi connectivity index (χ3v) is 3.66. The summed E-state index contributed by atoms with van der Waals surface area (Å²) in [6.07, 6.45) is 0. The van der Waals surface area contributed by atoms with Crippen LogP contribution in [0.1, 0.15) is 16.2 Å². The number of imidazole rings is 1. The molecule has 2 heterocycles. The van der Waals surface area contributed by atoms with E-state index in [4.69, 9.17) is 9.52 Å². The summed E-state index contributed by atoms with van der Waals surface area (Å²) in [6.45, 7) is 1.74. The lowest BCUT2D eigenvalue weighted by Crippen LogP contribution is -1.94. The summed E-state index contributed by atoms with van der Waals surface area (Å²) in [7, 11) is 0. The first kappa shape index (κ1) is 14.1. The number of aromatic carboxylic acids is 1. The molecule has 0 aliphatic rings. The molecule has 4 aromatic rings. The zero-order valence-corrected chi connectivity index (χ0v) is 12.6. The number of carboxylic acids is 1. The fourth-order valence-electron chi connectivity index (χ4n) is 2.46. The number of carboxylic acid groups (broad SMARTS) is 1. The van der Waals surface area contributed by atoms with Crippen LogP contribution in [0.4, 0.5) is 0 Å². The molecule has 0 atom stereocenters. The number of fused-ring (bicyclic) bond motifs is 1. The highest BCUT2D eigenvalue weighted by molar-refractivity contribution is 5.93. The fourth-order valence-corrected chi connectivity index (χ4v) is 2.46. The van der Waals surface area contributed by atoms with Crippen molar-refractivity contribution in [2.45, 2.75) is 6.92 Å². The van der Waals surface area contributed by atoms with Crippen LogP contribution in [0.15, 0.2) is 46.9 Å². The second-order valence-electron chi connectivity index (χ2n) is 5.33. The van der Waals surface area contributed by atoms with Gasteiger partial charge >= 0.3 is 5.97 Å². The molecule has 0 aliphatic heterocycles. The molecule has 7 heteroatoms. The van der Waals surface area contributed by atoms with Gasteiger partial charge in [-0.05, 0) is 30.3 Å². The lowest BCUT2D eigenvalue weighted by Gasteiger charge is -1.98. The number of aromatic amines is 1. The van der Waals surface area contributed by atoms with Crippen molar-refractivity contribution in [3.05, 3.63) is 53.9 Å². The highest BCUT2D eigenvalue weighted by Crippen LogP contribution is 2.24. The maximum absolute atomic E-state index is 11.0. The summed E-state index contributed by atoms with van der Waals surface area (Å²) in [4.78, 5) is 18.7. The highest BCUT2D eigenvalue weighted by atomic mass is 16.4. The van der Waals surface area contributed by atoms with Gasteiger partial charge in [-0.1, -0.05) is 12.1 Å². The molecule has 0 spiro atoms. The first-order chi connectivity index (χ1) is 11.6. The topological polar surface area (TPSA) is 105 Å². The van der Waals surface area contributed by atoms with E-state index in [1.54, 1.807) is 25.1 Å². The van der Waals surface area contributed by atoms with Gasteiger partial charge in [0.05, 0.1) is 16.6 Å². The van der Waals surface area contributed by atoms with Crippen molar-refractivity contribution in [3.63, 3.8) is 0 Å². The van der Waals surface area contributed by atoms with Crippen molar-refractivity contribution in [1.82, 2.24) is 20.2 Å². The van der Waals surface area contributed by atoms with Crippen molar-refractivity contribution < 1.29 is 14.3 Å². The average Bonchev–Trinajstić information content (AvgIpc) is 3.20. The van der Waals surface area contributed by atoms with Crippen LogP contribution in [0, 0.1) is 6.92 Å². The van der Waals surface area contributed by atoms with E-state index in [1.807, 2.05) is 24.3 Å². The van der Waals surface area contributed by atoms with Crippen LogP contribution >= 0.6 is 0 Å². The molecule has 0 aliphatic carbocycles. The van der Waals surface area contributed by atoms with E-state index in [9.17, 15) is 4.79 Å². The summed E-state index contributed by atoms with van der Waals surface area (Å²) in [5.41, 5.74) is 3.31. The normalized spacial score (nSPS) is 11.0. The Hall–Kier alpha value is -3.48. The van der Waals surface area contributed by atoms with Crippen LogP contribution in [0.3, 0.4) is 0 Å². The molecular formula is C17H12N4O3. The molecule has 2 aromatic heterocycles. The Morgan fingerprint density at radius 2 is 1.83 bits per heavy atom. The third kappa shape index (κ3) is 2.41. The van der Waals surface area contributed by atoms with Gasteiger partial charge in [0.15, 0.2) is 0 Å². The molecule has 118 valence electrons. The summed E-state index contributed by atoms with van der Waals surface area (Å²) in [5, 5.41) is 16.8. The van der Waals surface area contributed by atoms with Gasteiger partial charge in [0.2, 0.25) is 11.8 Å². The molecule has 2 aromatic carbocycles. The molecule has 24 heavy (non-hydrogen) atoms. The van der Waals surface area contributed by atoms with Crippen molar-refractivity contribution in [2.75, 3.05) is 0 Å². The lowest BCUT2D eigenvalue weighted by molar-refractivity contribution is 0.0697. The van der Waals surface area contributed by atoms with Crippen LogP contribution in [0.2, 0.25) is 0 Å². The molecule has 0 amide bonds. The Morgan fingerprint density at radius 3 is 2.50 bits per heavy atom. The first-order valence-electron chi connectivity index (χ1n) is 7.24. The standard InChI is InChI=1S/C17H12N4O3/c1-9-20-21-16(24-9)11-4-2-10(3-5-11)15-18-13-7-6-12(17(22)23)8-14(13)19-15/h2-8H,1H3,(H,18,19)(H,22,23). The molecule has 0 saturated heterocycles. The number of rotatable bonds is 3. The van der Waals surface area contributed by atoms with Gasteiger partial charge in [-0.15, -0.1) is 10.2 Å². The van der Waals surface area contributed by atoms with Crippen LogP contribution in [0.25, 0.3) is 33.9 Å². The number of H-pyrrole nitrogens is 1. The average molecular weight is 320 g/mol. The smallest absolute Gasteiger partial charge is 0.335 e. The Balaban J connectivity index is 1.70. The number of nitrogens with one attached hydrogen (secondary N) is 1. The van der Waals surface area contributed by atoms with Crippen molar-refractivity contribution in [1.29, 1.82) is 0 Å². The number of hydrogen-bond acceptors (Lipinski definition) is 5. The summed E-state index contributed by atoms with van der Waals surface area (Å²) >= 11 is 0. The van der Waals surface area contributed by atoms with Gasteiger partial charge in [0.25, 0.3) is 0 Å². The third-order valence-electron chi connectivity index (χ3n) is 3.66. The number of aryl methyl sites for hydroxylation is 1. The van der Waals surface area contributed by atoms with Crippen molar-refractivity contribution >= 4 is 17.0 Å². The Kier molecular flexibility index (Phi) is 3.13. The van der Waals surface area contributed by atoms with Gasteiger partial charge in [0, 0.05) is 18.1 Å². The maximum atomic E-state index is 11.0. The predicted octanol–water partition coefficient (Wildman–Crippen LogP) is 3.29. The Labute approximate surface area is 136 Å². The molecule has 0 saturated carbocycles. The van der Waals surface area contributed by atoms with E-state index in [2.05, 4.69) is 20.2 Å². The number of nitrogens with zero attached hydrogens (tertiary/aromatic N) is 3. The van der Waals surface area contributed by atoms with E-state index in [0.29, 0.717) is 23.1 Å². The van der Waals surface area contributed by atoms with Crippen LogP contribution in [-0.4, -0.2) is 31.2 Å². The van der Waals surface area contributed by atoms with E-state index in [-0.39, 0.29) is 5.56 Å². The lowest BCUT2D eigenvalue weighted by atomic mass is 10.1. The van der Waals surface area contributed by atoms with E-state index in [0.717, 1.165) is 16.6 Å². The number of benzene rings is 2. The number of aromatic nitrogens is 4. The number of hydrogen-bond donors (Lipinski definition) is 2. The summed E-state index contributed by atoms with van der Waals surface area (Å²) in [5.74, 6) is 0.678. The second kappa shape index (κ2) is 5.31. The second-order valence-corrected chi connectivity index (χ2v) is 5.33. The fraction of sp³-hybridized carbons (Fsp3) is 0.0588. The molecule has 7 nitrogen and oxygen atoms in total. The largest absolute Gasteiger partial charge is 0.478 e.